The van der Waals surface area contributed by atoms with Crippen LogP contribution in [0.2, 0.25) is 0 Å². The Kier molecular flexibility index (Phi) is 4.21. The average molecular weight is 269 g/mol. The molecule has 1 aromatic carbocycles. The SMILES string of the molecule is CCNS(=O)(=O)NCc1cccc2c1NCCC2. The van der Waals surface area contributed by atoms with E-state index in [0.29, 0.717) is 13.1 Å². The van der Waals surface area contributed by atoms with Crippen molar-refractivity contribution < 1.29 is 8.42 Å². The van der Waals surface area contributed by atoms with Crippen molar-refractivity contribution in [2.75, 3.05) is 18.4 Å². The molecule has 0 fully saturated rings. The highest BCUT2D eigenvalue weighted by atomic mass is 32.2. The average Bonchev–Trinajstić information content (AvgIpc) is 2.36. The topological polar surface area (TPSA) is 70.2 Å². The maximum Gasteiger partial charge on any atom is 0.277 e. The van der Waals surface area contributed by atoms with E-state index in [1.54, 1.807) is 6.92 Å². The summed E-state index contributed by atoms with van der Waals surface area (Å²) in [7, 11) is -3.38. The minimum absolute atomic E-state index is 0.311. The Hall–Kier alpha value is -1.11. The molecule has 0 saturated carbocycles. The molecule has 0 saturated heterocycles. The molecule has 3 N–H and O–H groups in total. The lowest BCUT2D eigenvalue weighted by atomic mass is 9.99. The third-order valence-electron chi connectivity index (χ3n) is 2.95. The van der Waals surface area contributed by atoms with Gasteiger partial charge < -0.3 is 5.32 Å². The van der Waals surface area contributed by atoms with Crippen molar-refractivity contribution in [3.63, 3.8) is 0 Å². The lowest BCUT2D eigenvalue weighted by Gasteiger charge is -2.21. The van der Waals surface area contributed by atoms with Gasteiger partial charge in [0.1, 0.15) is 0 Å². The van der Waals surface area contributed by atoms with Gasteiger partial charge in [0.15, 0.2) is 0 Å². The molecule has 0 atom stereocenters. The molecule has 0 radical (unpaired) electrons. The fraction of sp³-hybridized carbons (Fsp3) is 0.500. The summed E-state index contributed by atoms with van der Waals surface area (Å²) in [6.07, 6.45) is 2.18. The largest absolute Gasteiger partial charge is 0.385 e. The Morgan fingerprint density at radius 3 is 2.94 bits per heavy atom. The van der Waals surface area contributed by atoms with Gasteiger partial charge in [-0.15, -0.1) is 0 Å². The van der Waals surface area contributed by atoms with E-state index in [4.69, 9.17) is 0 Å². The molecule has 18 heavy (non-hydrogen) atoms. The highest BCUT2D eigenvalue weighted by molar-refractivity contribution is 7.87. The lowest BCUT2D eigenvalue weighted by molar-refractivity contribution is 0.568. The summed E-state index contributed by atoms with van der Waals surface area (Å²) < 4.78 is 28.0. The van der Waals surface area contributed by atoms with Gasteiger partial charge in [-0.25, -0.2) is 4.72 Å². The van der Waals surface area contributed by atoms with Crippen molar-refractivity contribution in [2.24, 2.45) is 0 Å². The quantitative estimate of drug-likeness (QED) is 0.746. The molecule has 1 heterocycles. The maximum absolute atomic E-state index is 11.5. The molecule has 6 heteroatoms. The van der Waals surface area contributed by atoms with E-state index in [0.717, 1.165) is 30.6 Å². The molecule has 0 aliphatic carbocycles. The second-order valence-electron chi connectivity index (χ2n) is 4.30. The number of nitrogens with one attached hydrogen (secondary N) is 3. The number of para-hydroxylation sites is 1. The van der Waals surface area contributed by atoms with Crippen LogP contribution in [0.5, 0.6) is 0 Å². The smallest absolute Gasteiger partial charge is 0.277 e. The maximum atomic E-state index is 11.5. The van der Waals surface area contributed by atoms with Crippen LogP contribution in [0, 0.1) is 0 Å². The molecule has 0 aromatic heterocycles. The van der Waals surface area contributed by atoms with Crippen LogP contribution in [0.15, 0.2) is 18.2 Å². The Balaban J connectivity index is 2.10. The minimum Gasteiger partial charge on any atom is -0.385 e. The third-order valence-corrected chi connectivity index (χ3v) is 4.14. The number of rotatable bonds is 5. The number of hydrogen-bond acceptors (Lipinski definition) is 3. The summed E-state index contributed by atoms with van der Waals surface area (Å²) in [6, 6.07) is 6.01. The summed E-state index contributed by atoms with van der Waals surface area (Å²) in [5.74, 6) is 0. The predicted molar refractivity (Wildman–Crippen MR) is 72.7 cm³/mol. The first-order valence-corrected chi connectivity index (χ1v) is 7.69. The Bertz CT molecular complexity index is 514. The van der Waals surface area contributed by atoms with Crippen LogP contribution in [-0.4, -0.2) is 21.5 Å². The molecule has 1 aliphatic heterocycles. The second-order valence-corrected chi connectivity index (χ2v) is 5.89. The molecule has 0 unspecified atom stereocenters. The van der Waals surface area contributed by atoms with Crippen molar-refractivity contribution >= 4 is 15.9 Å². The molecule has 100 valence electrons. The first-order valence-electron chi connectivity index (χ1n) is 6.21. The van der Waals surface area contributed by atoms with Crippen LogP contribution in [0.3, 0.4) is 0 Å². The van der Waals surface area contributed by atoms with Crippen LogP contribution < -0.4 is 14.8 Å². The first kappa shape index (κ1) is 13.3. The van der Waals surface area contributed by atoms with Crippen LogP contribution in [0.4, 0.5) is 5.69 Å². The monoisotopic (exact) mass is 269 g/mol. The van der Waals surface area contributed by atoms with Gasteiger partial charge in [0.05, 0.1) is 0 Å². The van der Waals surface area contributed by atoms with Crippen molar-refractivity contribution in [2.45, 2.75) is 26.3 Å². The normalized spacial score (nSPS) is 14.9. The van der Waals surface area contributed by atoms with Crippen LogP contribution in [-0.2, 0) is 23.2 Å². The third kappa shape index (κ3) is 3.22. The van der Waals surface area contributed by atoms with Crippen molar-refractivity contribution in [3.05, 3.63) is 29.3 Å². The lowest BCUT2D eigenvalue weighted by Crippen LogP contribution is -2.36. The standard InChI is InChI=1S/C12H19N3O2S/c1-2-14-18(16,17)15-9-11-6-3-5-10-7-4-8-13-12(10)11/h3,5-6,13-15H,2,4,7-9H2,1H3. The fourth-order valence-corrected chi connectivity index (χ4v) is 2.97. The molecule has 0 spiro atoms. The van der Waals surface area contributed by atoms with Gasteiger partial charge in [0, 0.05) is 25.3 Å². The molecule has 5 nitrogen and oxygen atoms in total. The van der Waals surface area contributed by atoms with E-state index < -0.39 is 10.2 Å². The summed E-state index contributed by atoms with van der Waals surface area (Å²) in [5, 5.41) is 3.34. The van der Waals surface area contributed by atoms with Crippen molar-refractivity contribution in [1.82, 2.24) is 9.44 Å². The van der Waals surface area contributed by atoms with Crippen molar-refractivity contribution in [3.8, 4) is 0 Å². The molecule has 1 aromatic rings. The van der Waals surface area contributed by atoms with Gasteiger partial charge in [0.2, 0.25) is 0 Å². The Labute approximate surface area is 108 Å². The van der Waals surface area contributed by atoms with E-state index in [-0.39, 0.29) is 0 Å². The van der Waals surface area contributed by atoms with Crippen LogP contribution in [0.25, 0.3) is 0 Å². The number of fused-ring (bicyclic) bond motifs is 1. The number of anilines is 1. The zero-order chi connectivity index (χ0) is 13.0. The van der Waals surface area contributed by atoms with Gasteiger partial charge in [-0.1, -0.05) is 25.1 Å². The van der Waals surface area contributed by atoms with Gasteiger partial charge in [0.25, 0.3) is 10.2 Å². The molecule has 1 aliphatic rings. The van der Waals surface area contributed by atoms with Gasteiger partial charge in [-0.3, -0.25) is 0 Å². The Morgan fingerprint density at radius 2 is 2.17 bits per heavy atom. The summed E-state index contributed by atoms with van der Waals surface area (Å²) >= 11 is 0. The highest BCUT2D eigenvalue weighted by Crippen LogP contribution is 2.25. The van der Waals surface area contributed by atoms with Gasteiger partial charge in [-0.05, 0) is 24.0 Å². The van der Waals surface area contributed by atoms with Crippen LogP contribution in [0.1, 0.15) is 24.5 Å². The minimum atomic E-state index is -3.38. The summed E-state index contributed by atoms with van der Waals surface area (Å²) in [6.45, 7) is 3.40. The predicted octanol–water partition coefficient (Wildman–Crippen LogP) is 0.989. The van der Waals surface area contributed by atoms with Crippen molar-refractivity contribution in [1.29, 1.82) is 0 Å². The number of hydrogen-bond donors (Lipinski definition) is 3. The molecular formula is C12H19N3O2S. The van der Waals surface area contributed by atoms with E-state index in [2.05, 4.69) is 20.8 Å². The number of benzene rings is 1. The molecular weight excluding hydrogens is 250 g/mol. The molecule has 0 bridgehead atoms. The Morgan fingerprint density at radius 1 is 1.33 bits per heavy atom. The van der Waals surface area contributed by atoms with Crippen LogP contribution >= 0.6 is 0 Å². The van der Waals surface area contributed by atoms with E-state index in [1.165, 1.54) is 5.56 Å². The fourth-order valence-electron chi connectivity index (χ4n) is 2.14. The molecule has 2 rings (SSSR count). The van der Waals surface area contributed by atoms with E-state index in [9.17, 15) is 8.42 Å². The highest BCUT2D eigenvalue weighted by Gasteiger charge is 2.14. The molecule has 0 amide bonds. The summed E-state index contributed by atoms with van der Waals surface area (Å²) in [4.78, 5) is 0. The van der Waals surface area contributed by atoms with Gasteiger partial charge in [-0.2, -0.15) is 13.1 Å². The summed E-state index contributed by atoms with van der Waals surface area (Å²) in [5.41, 5.74) is 3.35. The first-order chi connectivity index (χ1) is 8.62. The zero-order valence-corrected chi connectivity index (χ0v) is 11.3. The van der Waals surface area contributed by atoms with E-state index in [1.807, 2.05) is 12.1 Å². The van der Waals surface area contributed by atoms with E-state index >= 15 is 0 Å². The van der Waals surface area contributed by atoms with Gasteiger partial charge >= 0.3 is 0 Å². The second kappa shape index (κ2) is 5.69. The number of aryl methyl sites for hydroxylation is 1. The zero-order valence-electron chi connectivity index (χ0n) is 10.5.